The summed E-state index contributed by atoms with van der Waals surface area (Å²) in [6.07, 6.45) is 0. The molecule has 52 valence electrons. The van der Waals surface area contributed by atoms with Gasteiger partial charge in [-0.1, -0.05) is 0 Å². The molecule has 9 heavy (non-hydrogen) atoms. The van der Waals surface area contributed by atoms with E-state index in [2.05, 4.69) is 15.2 Å². The fourth-order valence-electron chi connectivity index (χ4n) is 0.115. The van der Waals surface area contributed by atoms with Gasteiger partial charge in [-0.3, -0.25) is 0 Å². The van der Waals surface area contributed by atoms with Crippen LogP contribution < -0.4 is 22.9 Å². The van der Waals surface area contributed by atoms with Crippen molar-refractivity contribution in [2.45, 2.75) is 0 Å². The number of nitrogens with two attached hydrogens (primary N) is 4. The molecule has 0 fully saturated rings. The third-order valence-electron chi connectivity index (χ3n) is 0.292. The minimum absolute atomic E-state index is 0.250. The molecule has 0 heterocycles. The SMILES string of the molecule is NC(N)=NON=C(N)N. The van der Waals surface area contributed by atoms with E-state index in [1.54, 1.807) is 0 Å². The topological polar surface area (TPSA) is 138 Å². The van der Waals surface area contributed by atoms with Crippen LogP contribution in [0.5, 0.6) is 0 Å². The number of oxime groups is 2. The molecule has 0 aliphatic rings. The number of hydrogen-bond donors (Lipinski definition) is 4. The lowest BCUT2D eigenvalue weighted by atomic mass is 11.1. The average Bonchev–Trinajstić information content (AvgIpc) is 1.63. The molecule has 0 spiro atoms. The van der Waals surface area contributed by atoms with Gasteiger partial charge in [0.05, 0.1) is 0 Å². The Hall–Kier alpha value is -1.66. The second-order valence-electron chi connectivity index (χ2n) is 1.11. The Morgan fingerprint density at radius 2 is 1.22 bits per heavy atom. The van der Waals surface area contributed by atoms with Crippen molar-refractivity contribution >= 4 is 11.9 Å². The Morgan fingerprint density at radius 3 is 1.44 bits per heavy atom. The third-order valence-corrected chi connectivity index (χ3v) is 0.292. The maximum absolute atomic E-state index is 4.83. The van der Waals surface area contributed by atoms with Gasteiger partial charge in [-0.05, 0) is 10.3 Å². The Balaban J connectivity index is 3.53. The van der Waals surface area contributed by atoms with E-state index in [9.17, 15) is 0 Å². The molecule has 0 unspecified atom stereocenters. The first-order valence-corrected chi connectivity index (χ1v) is 1.97. The van der Waals surface area contributed by atoms with Crippen molar-refractivity contribution < 1.29 is 4.94 Å². The van der Waals surface area contributed by atoms with Gasteiger partial charge in [-0.15, -0.1) is 0 Å². The van der Waals surface area contributed by atoms with E-state index in [-0.39, 0.29) is 11.9 Å². The normalized spacial score (nSPS) is 7.56. The Kier molecular flexibility index (Phi) is 2.74. The highest BCUT2D eigenvalue weighted by Crippen LogP contribution is 1.71. The van der Waals surface area contributed by atoms with Crippen molar-refractivity contribution in [3.8, 4) is 0 Å². The van der Waals surface area contributed by atoms with Crippen LogP contribution in [0.2, 0.25) is 0 Å². The predicted octanol–water partition coefficient (Wildman–Crippen LogP) is -2.62. The molecular weight excluding hydrogens is 124 g/mol. The van der Waals surface area contributed by atoms with Crippen LogP contribution in [-0.2, 0) is 4.94 Å². The molecule has 0 saturated heterocycles. The van der Waals surface area contributed by atoms with Gasteiger partial charge in [0.15, 0.2) is 0 Å². The van der Waals surface area contributed by atoms with E-state index in [4.69, 9.17) is 22.9 Å². The van der Waals surface area contributed by atoms with Crippen LogP contribution in [0.3, 0.4) is 0 Å². The van der Waals surface area contributed by atoms with Crippen LogP contribution in [0.25, 0.3) is 0 Å². The van der Waals surface area contributed by atoms with Crippen molar-refractivity contribution in [2.24, 2.45) is 33.2 Å². The number of guanidine groups is 2. The Labute approximate surface area is 51.3 Å². The van der Waals surface area contributed by atoms with E-state index in [1.165, 1.54) is 0 Å². The van der Waals surface area contributed by atoms with Crippen molar-refractivity contribution in [1.82, 2.24) is 0 Å². The highest BCUT2D eigenvalue weighted by atomic mass is 16.8. The quantitative estimate of drug-likeness (QED) is 0.185. The highest BCUT2D eigenvalue weighted by molar-refractivity contribution is 5.76. The summed E-state index contributed by atoms with van der Waals surface area (Å²) in [6.45, 7) is 0. The van der Waals surface area contributed by atoms with Gasteiger partial charge in [-0.25, -0.2) is 4.94 Å². The van der Waals surface area contributed by atoms with E-state index in [0.717, 1.165) is 0 Å². The van der Waals surface area contributed by atoms with E-state index in [0.29, 0.717) is 0 Å². The maximum atomic E-state index is 4.83. The standard InChI is InChI=1S/C2H8N6O/c3-1(4)7-9-8-2(5)6/h(H4,3,4,7)(H4,5,6,8). The summed E-state index contributed by atoms with van der Waals surface area (Å²) in [6, 6.07) is 0. The molecule has 0 aliphatic carbocycles. The molecule has 0 aliphatic heterocycles. The third kappa shape index (κ3) is 6.34. The minimum Gasteiger partial charge on any atom is -0.367 e. The molecule has 0 atom stereocenters. The Morgan fingerprint density at radius 1 is 0.889 bits per heavy atom. The van der Waals surface area contributed by atoms with Crippen molar-refractivity contribution in [2.75, 3.05) is 0 Å². The van der Waals surface area contributed by atoms with Gasteiger partial charge in [0.25, 0.3) is 0 Å². The van der Waals surface area contributed by atoms with Gasteiger partial charge < -0.3 is 22.9 Å². The summed E-state index contributed by atoms with van der Waals surface area (Å²) in [7, 11) is 0. The zero-order valence-corrected chi connectivity index (χ0v) is 4.61. The second-order valence-corrected chi connectivity index (χ2v) is 1.11. The first-order chi connectivity index (χ1) is 4.13. The molecule has 0 aromatic carbocycles. The van der Waals surface area contributed by atoms with Crippen LogP contribution in [0.1, 0.15) is 0 Å². The number of nitrogens with zero attached hydrogens (tertiary/aromatic N) is 2. The summed E-state index contributed by atoms with van der Waals surface area (Å²) in [5.41, 5.74) is 19.3. The van der Waals surface area contributed by atoms with Crippen LogP contribution in [-0.4, -0.2) is 11.9 Å². The molecule has 0 aromatic rings. The van der Waals surface area contributed by atoms with Gasteiger partial charge in [0, 0.05) is 0 Å². The molecule has 0 bridgehead atoms. The molecule has 0 aromatic heterocycles. The van der Waals surface area contributed by atoms with Crippen LogP contribution in [0, 0.1) is 0 Å². The van der Waals surface area contributed by atoms with Crippen LogP contribution in [0.4, 0.5) is 0 Å². The van der Waals surface area contributed by atoms with E-state index >= 15 is 0 Å². The molecule has 0 saturated carbocycles. The maximum Gasteiger partial charge on any atom is 0.231 e. The second kappa shape index (κ2) is 3.36. The van der Waals surface area contributed by atoms with Gasteiger partial charge in [-0.2, -0.15) is 0 Å². The average molecular weight is 132 g/mol. The van der Waals surface area contributed by atoms with Crippen molar-refractivity contribution in [1.29, 1.82) is 0 Å². The fraction of sp³-hybridized carbons (Fsp3) is 0. The van der Waals surface area contributed by atoms with Crippen LogP contribution in [0.15, 0.2) is 10.3 Å². The van der Waals surface area contributed by atoms with Gasteiger partial charge in [0.2, 0.25) is 11.9 Å². The lowest BCUT2D eigenvalue weighted by Crippen LogP contribution is -2.24. The first-order valence-electron chi connectivity index (χ1n) is 1.97. The zero-order chi connectivity index (χ0) is 7.28. The summed E-state index contributed by atoms with van der Waals surface area (Å²) in [5.74, 6) is -0.500. The number of hydrogen-bond acceptors (Lipinski definition) is 3. The van der Waals surface area contributed by atoms with Crippen LogP contribution >= 0.6 is 0 Å². The van der Waals surface area contributed by atoms with E-state index in [1.807, 2.05) is 0 Å². The Bertz CT molecular complexity index is 114. The van der Waals surface area contributed by atoms with Crippen molar-refractivity contribution in [3.63, 3.8) is 0 Å². The summed E-state index contributed by atoms with van der Waals surface area (Å²) < 4.78 is 0. The molecule has 0 rings (SSSR count). The monoisotopic (exact) mass is 132 g/mol. The molecule has 0 radical (unpaired) electrons. The van der Waals surface area contributed by atoms with E-state index < -0.39 is 0 Å². The predicted molar refractivity (Wildman–Crippen MR) is 32.7 cm³/mol. The molecule has 7 heteroatoms. The molecular formula is C2H8N6O. The highest BCUT2D eigenvalue weighted by Gasteiger charge is 1.79. The number of rotatable bonds is 2. The fourth-order valence-corrected chi connectivity index (χ4v) is 0.115. The summed E-state index contributed by atoms with van der Waals surface area (Å²) in [5, 5.41) is 5.98. The molecule has 8 N–H and O–H groups in total. The molecule has 7 nitrogen and oxygen atoms in total. The first kappa shape index (κ1) is 7.34. The van der Waals surface area contributed by atoms with Crippen molar-refractivity contribution in [3.05, 3.63) is 0 Å². The smallest absolute Gasteiger partial charge is 0.231 e. The minimum atomic E-state index is -0.250. The summed E-state index contributed by atoms with van der Waals surface area (Å²) >= 11 is 0. The zero-order valence-electron chi connectivity index (χ0n) is 4.61. The lowest BCUT2D eigenvalue weighted by molar-refractivity contribution is 0.154. The summed E-state index contributed by atoms with van der Waals surface area (Å²) in [4.78, 5) is 4.03. The molecule has 0 amide bonds. The van der Waals surface area contributed by atoms with Gasteiger partial charge >= 0.3 is 0 Å². The largest absolute Gasteiger partial charge is 0.367 e. The lowest BCUT2D eigenvalue weighted by Gasteiger charge is -1.87. The van der Waals surface area contributed by atoms with Gasteiger partial charge in [0.1, 0.15) is 0 Å².